The number of amides is 4. The van der Waals surface area contributed by atoms with Crippen LogP contribution in [0.3, 0.4) is 0 Å². The second-order valence-corrected chi connectivity index (χ2v) is 9.26. The first-order valence-electron chi connectivity index (χ1n) is 13.3. The number of anilines is 1. The molecule has 4 amide bonds. The van der Waals surface area contributed by atoms with Crippen LogP contribution in [0.4, 0.5) is 23.7 Å². The summed E-state index contributed by atoms with van der Waals surface area (Å²) in [4.78, 5) is 67.3. The molecule has 1 unspecified atom stereocenters. The summed E-state index contributed by atoms with van der Waals surface area (Å²) in [5.74, 6) is -5.26. The molecular formula is C30H29F3N4O7. The summed E-state index contributed by atoms with van der Waals surface area (Å²) in [5.41, 5.74) is 2.71. The zero-order chi connectivity index (χ0) is 32.0. The van der Waals surface area contributed by atoms with Gasteiger partial charge in [0.05, 0.1) is 19.0 Å². The van der Waals surface area contributed by atoms with Gasteiger partial charge >= 0.3 is 24.1 Å². The Morgan fingerprint density at radius 3 is 1.98 bits per heavy atom. The van der Waals surface area contributed by atoms with Crippen molar-refractivity contribution in [1.29, 1.82) is 0 Å². The number of para-hydroxylation sites is 1. The maximum atomic E-state index is 12.6. The lowest BCUT2D eigenvalue weighted by Gasteiger charge is -2.19. The second kappa shape index (κ2) is 16.3. The number of alkyl halides is 3. The van der Waals surface area contributed by atoms with Crippen LogP contribution in [0, 0.1) is 0 Å². The Bertz CT molecular complexity index is 1420. The average molecular weight is 615 g/mol. The molecular weight excluding hydrogens is 585 g/mol. The summed E-state index contributed by atoms with van der Waals surface area (Å²) < 4.78 is 37.1. The van der Waals surface area contributed by atoms with Gasteiger partial charge in [-0.3, -0.25) is 9.59 Å². The van der Waals surface area contributed by atoms with E-state index in [1.807, 2.05) is 30.3 Å². The number of nitrogens with one attached hydrogen (secondary N) is 4. The standard InChI is InChI=1S/C30H29F3N4O7/c31-30(32,33)28(41)44-43-27(40)18-24(22-15-13-21(14-16-22)20-8-3-1-4-9-20)37-26(39)19-35-25(38)12-7-17-34-29(42)36-23-10-5-2-6-11-23/h1-6,8-11,13-16,24H,7,12,17-19H2,(H,35,38)(H,37,39)(H2,34,36,42). The third-order valence-electron chi connectivity index (χ3n) is 5.91. The Labute approximate surface area is 250 Å². The Hall–Kier alpha value is -5.40. The Balaban J connectivity index is 1.51. The molecule has 3 aromatic rings. The van der Waals surface area contributed by atoms with Gasteiger partial charge in [-0.15, -0.1) is 0 Å². The normalized spacial score (nSPS) is 11.4. The van der Waals surface area contributed by atoms with Crippen LogP contribution in [0.5, 0.6) is 0 Å². The van der Waals surface area contributed by atoms with Crippen molar-refractivity contribution in [3.8, 4) is 11.1 Å². The van der Waals surface area contributed by atoms with Gasteiger partial charge in [-0.2, -0.15) is 13.2 Å². The molecule has 0 spiro atoms. The fraction of sp³-hybridized carbons (Fsp3) is 0.233. The zero-order valence-corrected chi connectivity index (χ0v) is 23.2. The number of hydrogen-bond donors (Lipinski definition) is 4. The molecule has 14 heteroatoms. The smallest absolute Gasteiger partial charge is 0.347 e. The highest BCUT2D eigenvalue weighted by atomic mass is 19.4. The molecule has 0 aliphatic rings. The quantitative estimate of drug-likeness (QED) is 0.136. The largest absolute Gasteiger partial charge is 0.495 e. The summed E-state index contributed by atoms with van der Waals surface area (Å²) in [7, 11) is 0. The average Bonchev–Trinajstić information content (AvgIpc) is 3.01. The van der Waals surface area contributed by atoms with Gasteiger partial charge < -0.3 is 21.3 Å². The van der Waals surface area contributed by atoms with E-state index < -0.39 is 55.0 Å². The number of halogens is 3. The van der Waals surface area contributed by atoms with Crippen LogP contribution in [0.25, 0.3) is 11.1 Å². The SMILES string of the molecule is O=C(CCCNC(=O)Nc1ccccc1)NCC(=O)NC(CC(=O)OOC(=O)C(F)(F)F)c1ccc(-c2ccccc2)cc1. The minimum Gasteiger partial charge on any atom is -0.347 e. The molecule has 0 aliphatic carbocycles. The summed E-state index contributed by atoms with van der Waals surface area (Å²) in [6.45, 7) is -0.280. The lowest BCUT2D eigenvalue weighted by Crippen LogP contribution is -2.39. The fourth-order valence-electron chi connectivity index (χ4n) is 3.78. The summed E-state index contributed by atoms with van der Waals surface area (Å²) in [6, 6.07) is 23.1. The predicted octanol–water partition coefficient (Wildman–Crippen LogP) is 4.18. The molecule has 1 atom stereocenters. The lowest BCUT2D eigenvalue weighted by molar-refractivity contribution is -0.286. The Morgan fingerprint density at radius 1 is 0.727 bits per heavy atom. The highest BCUT2D eigenvalue weighted by Crippen LogP contribution is 2.24. The number of rotatable bonds is 12. The van der Waals surface area contributed by atoms with Gasteiger partial charge in [0.25, 0.3) is 0 Å². The van der Waals surface area contributed by atoms with Crippen LogP contribution in [0.1, 0.15) is 30.9 Å². The van der Waals surface area contributed by atoms with Gasteiger partial charge in [0.1, 0.15) is 0 Å². The molecule has 0 aromatic heterocycles. The van der Waals surface area contributed by atoms with E-state index in [0.717, 1.165) is 11.1 Å². The lowest BCUT2D eigenvalue weighted by atomic mass is 9.99. The first kappa shape index (κ1) is 33.1. The summed E-state index contributed by atoms with van der Waals surface area (Å²) >= 11 is 0. The van der Waals surface area contributed by atoms with Crippen molar-refractivity contribution in [2.24, 2.45) is 0 Å². The Morgan fingerprint density at radius 2 is 1.34 bits per heavy atom. The maximum Gasteiger partial charge on any atom is 0.495 e. The molecule has 3 aromatic carbocycles. The van der Waals surface area contributed by atoms with Gasteiger partial charge in [-0.25, -0.2) is 24.2 Å². The number of urea groups is 1. The number of benzene rings is 3. The van der Waals surface area contributed by atoms with Crippen molar-refractivity contribution in [3.63, 3.8) is 0 Å². The van der Waals surface area contributed by atoms with Gasteiger partial charge in [-0.1, -0.05) is 72.8 Å². The van der Waals surface area contributed by atoms with Gasteiger partial charge in [0.2, 0.25) is 11.8 Å². The van der Waals surface area contributed by atoms with Crippen molar-refractivity contribution in [3.05, 3.63) is 90.5 Å². The molecule has 44 heavy (non-hydrogen) atoms. The summed E-state index contributed by atoms with van der Waals surface area (Å²) in [6.07, 6.45) is -5.77. The minimum atomic E-state index is -5.37. The molecule has 11 nitrogen and oxygen atoms in total. The monoisotopic (exact) mass is 614 g/mol. The van der Waals surface area contributed by atoms with Gasteiger partial charge in [0, 0.05) is 18.7 Å². The third-order valence-corrected chi connectivity index (χ3v) is 5.91. The molecule has 0 saturated carbocycles. The number of carbonyl (C=O) groups excluding carboxylic acids is 5. The van der Waals surface area contributed by atoms with Crippen molar-refractivity contribution in [1.82, 2.24) is 16.0 Å². The number of hydrogen-bond acceptors (Lipinski definition) is 7. The highest BCUT2D eigenvalue weighted by molar-refractivity contribution is 5.89. The summed E-state index contributed by atoms with van der Waals surface area (Å²) in [5, 5.41) is 10.2. The highest BCUT2D eigenvalue weighted by Gasteiger charge is 2.43. The third kappa shape index (κ3) is 11.5. The number of carbonyl (C=O) groups is 5. The molecule has 0 aliphatic heterocycles. The van der Waals surface area contributed by atoms with Crippen LogP contribution >= 0.6 is 0 Å². The van der Waals surface area contributed by atoms with E-state index in [1.165, 1.54) is 0 Å². The van der Waals surface area contributed by atoms with Crippen LogP contribution < -0.4 is 21.3 Å². The van der Waals surface area contributed by atoms with E-state index >= 15 is 0 Å². The van der Waals surface area contributed by atoms with Gasteiger partial charge in [0.15, 0.2) is 0 Å². The Kier molecular flexibility index (Phi) is 12.3. The minimum absolute atomic E-state index is 0.000171. The molecule has 232 valence electrons. The molecule has 3 rings (SSSR count). The van der Waals surface area contributed by atoms with Crippen molar-refractivity contribution in [2.75, 3.05) is 18.4 Å². The molecule has 0 radical (unpaired) electrons. The molecule has 0 heterocycles. The van der Waals surface area contributed by atoms with Crippen LogP contribution in [0.2, 0.25) is 0 Å². The van der Waals surface area contributed by atoms with E-state index in [9.17, 15) is 37.1 Å². The van der Waals surface area contributed by atoms with Gasteiger partial charge in [-0.05, 0) is 35.2 Å². The predicted molar refractivity (Wildman–Crippen MR) is 151 cm³/mol. The fourth-order valence-corrected chi connectivity index (χ4v) is 3.78. The second-order valence-electron chi connectivity index (χ2n) is 9.26. The molecule has 0 saturated heterocycles. The first-order chi connectivity index (χ1) is 21.0. The van der Waals surface area contributed by atoms with Crippen molar-refractivity contribution >= 4 is 35.5 Å². The van der Waals surface area contributed by atoms with E-state index in [2.05, 4.69) is 31.0 Å². The van der Waals surface area contributed by atoms with E-state index in [4.69, 9.17) is 0 Å². The van der Waals surface area contributed by atoms with E-state index in [0.29, 0.717) is 11.3 Å². The maximum absolute atomic E-state index is 12.6. The zero-order valence-electron chi connectivity index (χ0n) is 23.2. The van der Waals surface area contributed by atoms with Crippen LogP contribution in [0.15, 0.2) is 84.9 Å². The van der Waals surface area contributed by atoms with Crippen LogP contribution in [-0.4, -0.2) is 49.0 Å². The van der Waals surface area contributed by atoms with Crippen molar-refractivity contribution in [2.45, 2.75) is 31.5 Å². The molecule has 0 fully saturated rings. The first-order valence-corrected chi connectivity index (χ1v) is 13.3. The van der Waals surface area contributed by atoms with Crippen LogP contribution in [-0.2, 0) is 29.0 Å². The molecule has 0 bridgehead atoms. The van der Waals surface area contributed by atoms with E-state index in [-0.39, 0.29) is 19.4 Å². The van der Waals surface area contributed by atoms with E-state index in [1.54, 1.807) is 54.6 Å². The topological polar surface area (TPSA) is 152 Å². The van der Waals surface area contributed by atoms with Crippen molar-refractivity contribution < 1.29 is 46.9 Å². The molecule has 4 N–H and O–H groups in total.